The van der Waals surface area contributed by atoms with Crippen LogP contribution in [0.3, 0.4) is 0 Å². The molecular weight excluding hydrogens is 390 g/mol. The van der Waals surface area contributed by atoms with Crippen LogP contribution in [0.25, 0.3) is 0 Å². The Morgan fingerprint density at radius 3 is 2.83 bits per heavy atom. The third kappa shape index (κ3) is 4.85. The maximum atomic E-state index is 12.1. The molecule has 0 spiro atoms. The molecule has 0 radical (unpaired) electrons. The fraction of sp³-hybridized carbons (Fsp3) is 0.308. The Kier molecular flexibility index (Phi) is 5.50. The van der Waals surface area contributed by atoms with E-state index >= 15 is 0 Å². The minimum Gasteiger partial charge on any atom is -0.452 e. The largest absolute Gasteiger partial charge is 0.452 e. The highest BCUT2D eigenvalue weighted by molar-refractivity contribution is 9.10. The number of benzene rings is 1. The molecule has 124 valence electrons. The zero-order chi connectivity index (χ0) is 17.0. The quantitative estimate of drug-likeness (QED) is 0.730. The van der Waals surface area contributed by atoms with Gasteiger partial charge in [-0.2, -0.15) is 9.71 Å². The Balaban J connectivity index is 1.93. The van der Waals surface area contributed by atoms with Crippen molar-refractivity contribution >= 4 is 31.9 Å². The summed E-state index contributed by atoms with van der Waals surface area (Å²) in [4.78, 5) is 15.7. The van der Waals surface area contributed by atoms with Crippen LogP contribution in [0, 0.1) is 6.92 Å². The van der Waals surface area contributed by atoms with Crippen molar-refractivity contribution in [1.82, 2.24) is 14.9 Å². The third-order valence-corrected chi connectivity index (χ3v) is 4.60. The highest BCUT2D eigenvalue weighted by Crippen LogP contribution is 2.16. The zero-order valence-corrected chi connectivity index (χ0v) is 14.7. The zero-order valence-electron chi connectivity index (χ0n) is 12.3. The number of hydrogen-bond donors (Lipinski definition) is 1. The first-order valence-electron chi connectivity index (χ1n) is 6.53. The number of halogens is 1. The van der Waals surface area contributed by atoms with Gasteiger partial charge in [0.15, 0.2) is 11.9 Å². The lowest BCUT2D eigenvalue weighted by molar-refractivity contribution is -0.148. The molecule has 2 rings (SSSR count). The molecule has 1 atom stereocenters. The van der Waals surface area contributed by atoms with E-state index in [0.717, 1.165) is 0 Å². The summed E-state index contributed by atoms with van der Waals surface area (Å²) in [6, 6.07) is 6.12. The summed E-state index contributed by atoms with van der Waals surface area (Å²) in [7, 11) is -3.81. The molecule has 2 aromatic rings. The SMILES string of the molecule is Cc1noc(C(C)OC(=O)CNS(=O)(=O)c2cccc(Br)c2)n1. The summed E-state index contributed by atoms with van der Waals surface area (Å²) < 4.78 is 36.8. The number of ether oxygens (including phenoxy) is 1. The number of sulfonamides is 1. The van der Waals surface area contributed by atoms with Crippen LogP contribution in [-0.4, -0.2) is 31.1 Å². The van der Waals surface area contributed by atoms with Gasteiger partial charge in [0, 0.05) is 4.47 Å². The maximum absolute atomic E-state index is 12.1. The van der Waals surface area contributed by atoms with Gasteiger partial charge in [0.1, 0.15) is 6.54 Å². The minimum atomic E-state index is -3.81. The van der Waals surface area contributed by atoms with Gasteiger partial charge >= 0.3 is 5.97 Å². The number of aryl methyl sites for hydroxylation is 1. The fourth-order valence-corrected chi connectivity index (χ4v) is 3.20. The van der Waals surface area contributed by atoms with Crippen molar-refractivity contribution in [3.8, 4) is 0 Å². The Morgan fingerprint density at radius 1 is 1.48 bits per heavy atom. The van der Waals surface area contributed by atoms with Crippen LogP contribution in [0.15, 0.2) is 38.2 Å². The molecule has 10 heteroatoms. The number of nitrogens with zero attached hydrogens (tertiary/aromatic N) is 2. The summed E-state index contributed by atoms with van der Waals surface area (Å²) in [5.74, 6) is -0.198. The van der Waals surface area contributed by atoms with Gasteiger partial charge in [0.05, 0.1) is 4.90 Å². The minimum absolute atomic E-state index is 0.0419. The van der Waals surface area contributed by atoms with Gasteiger partial charge in [-0.05, 0) is 32.0 Å². The van der Waals surface area contributed by atoms with Gasteiger partial charge in [-0.3, -0.25) is 4.79 Å². The number of nitrogens with one attached hydrogen (secondary N) is 1. The number of carbonyl (C=O) groups is 1. The molecule has 0 saturated carbocycles. The summed E-state index contributed by atoms with van der Waals surface area (Å²) >= 11 is 3.19. The molecule has 0 bridgehead atoms. The van der Waals surface area contributed by atoms with Gasteiger partial charge in [-0.1, -0.05) is 27.2 Å². The van der Waals surface area contributed by atoms with Crippen LogP contribution in [0.5, 0.6) is 0 Å². The molecule has 1 aromatic heterocycles. The van der Waals surface area contributed by atoms with Gasteiger partial charge in [0.2, 0.25) is 10.0 Å². The smallest absolute Gasteiger partial charge is 0.321 e. The van der Waals surface area contributed by atoms with Crippen molar-refractivity contribution in [3.05, 3.63) is 40.5 Å². The highest BCUT2D eigenvalue weighted by Gasteiger charge is 2.20. The summed E-state index contributed by atoms with van der Waals surface area (Å²) in [6.07, 6.45) is -0.765. The van der Waals surface area contributed by atoms with E-state index in [-0.39, 0.29) is 10.8 Å². The van der Waals surface area contributed by atoms with Crippen LogP contribution in [0.1, 0.15) is 24.7 Å². The van der Waals surface area contributed by atoms with Crippen molar-refractivity contribution in [1.29, 1.82) is 0 Å². The molecule has 0 saturated heterocycles. The number of esters is 1. The van der Waals surface area contributed by atoms with E-state index < -0.39 is 28.6 Å². The normalized spacial score (nSPS) is 12.8. The molecular formula is C13H14BrN3O5S. The van der Waals surface area contributed by atoms with E-state index in [1.165, 1.54) is 12.1 Å². The second-order valence-corrected chi connectivity index (χ2v) is 7.28. The van der Waals surface area contributed by atoms with Gasteiger partial charge in [-0.25, -0.2) is 8.42 Å². The van der Waals surface area contributed by atoms with Gasteiger partial charge in [-0.15, -0.1) is 0 Å². The van der Waals surface area contributed by atoms with Crippen molar-refractivity contribution in [2.24, 2.45) is 0 Å². The van der Waals surface area contributed by atoms with Crippen molar-refractivity contribution in [2.75, 3.05) is 6.54 Å². The van der Waals surface area contributed by atoms with Crippen LogP contribution in [-0.2, 0) is 19.6 Å². The highest BCUT2D eigenvalue weighted by atomic mass is 79.9. The van der Waals surface area contributed by atoms with Gasteiger partial charge in [0.25, 0.3) is 5.89 Å². The van der Waals surface area contributed by atoms with Crippen LogP contribution in [0.2, 0.25) is 0 Å². The first kappa shape index (κ1) is 17.6. The van der Waals surface area contributed by atoms with Crippen LogP contribution in [0.4, 0.5) is 0 Å². The van der Waals surface area contributed by atoms with Gasteiger partial charge < -0.3 is 9.26 Å². The average Bonchev–Trinajstić information content (AvgIpc) is 2.92. The van der Waals surface area contributed by atoms with Crippen molar-refractivity contribution < 1.29 is 22.5 Å². The molecule has 8 nitrogen and oxygen atoms in total. The van der Waals surface area contributed by atoms with Crippen molar-refractivity contribution in [2.45, 2.75) is 24.8 Å². The molecule has 0 aliphatic carbocycles. The molecule has 23 heavy (non-hydrogen) atoms. The summed E-state index contributed by atoms with van der Waals surface area (Å²) in [5, 5.41) is 3.58. The van der Waals surface area contributed by atoms with Crippen molar-refractivity contribution in [3.63, 3.8) is 0 Å². The number of hydrogen-bond acceptors (Lipinski definition) is 7. The second kappa shape index (κ2) is 7.20. The molecule has 1 unspecified atom stereocenters. The first-order chi connectivity index (χ1) is 10.8. The van der Waals surface area contributed by atoms with E-state index in [1.54, 1.807) is 26.0 Å². The molecule has 0 amide bonds. The van der Waals surface area contributed by atoms with Crippen LogP contribution < -0.4 is 4.72 Å². The monoisotopic (exact) mass is 403 g/mol. The average molecular weight is 404 g/mol. The van der Waals surface area contributed by atoms with E-state index in [1.807, 2.05) is 0 Å². The second-order valence-electron chi connectivity index (χ2n) is 4.59. The standard InChI is InChI=1S/C13H14BrN3O5S/c1-8(13-16-9(2)17-22-13)21-12(18)7-15-23(19,20)11-5-3-4-10(14)6-11/h3-6,8,15H,7H2,1-2H3. The van der Waals surface area contributed by atoms with E-state index in [4.69, 9.17) is 9.26 Å². The Morgan fingerprint density at radius 2 is 2.22 bits per heavy atom. The Bertz CT molecular complexity index is 805. The third-order valence-electron chi connectivity index (χ3n) is 2.71. The molecule has 0 aliphatic rings. The predicted octanol–water partition coefficient (Wildman–Crippen LogP) is 1.72. The lowest BCUT2D eigenvalue weighted by atomic mass is 10.4. The summed E-state index contributed by atoms with van der Waals surface area (Å²) in [6.45, 7) is 2.67. The molecule has 0 aliphatic heterocycles. The topological polar surface area (TPSA) is 111 Å². The lowest BCUT2D eigenvalue weighted by Gasteiger charge is -2.10. The molecule has 1 heterocycles. The lowest BCUT2D eigenvalue weighted by Crippen LogP contribution is -2.31. The van der Waals surface area contributed by atoms with E-state index in [9.17, 15) is 13.2 Å². The molecule has 1 aromatic carbocycles. The van der Waals surface area contributed by atoms with Crippen LogP contribution >= 0.6 is 15.9 Å². The predicted molar refractivity (Wildman–Crippen MR) is 82.9 cm³/mol. The molecule has 1 N–H and O–H groups in total. The van der Waals surface area contributed by atoms with E-state index in [2.05, 4.69) is 30.8 Å². The first-order valence-corrected chi connectivity index (χ1v) is 8.80. The number of aromatic nitrogens is 2. The molecule has 0 fully saturated rings. The Hall–Kier alpha value is -1.78. The summed E-state index contributed by atoms with van der Waals surface area (Å²) in [5.41, 5.74) is 0. The fourth-order valence-electron chi connectivity index (χ4n) is 1.64. The maximum Gasteiger partial charge on any atom is 0.321 e. The van der Waals surface area contributed by atoms with E-state index in [0.29, 0.717) is 10.3 Å². The number of rotatable bonds is 6. The number of carbonyl (C=O) groups excluding carboxylic acids is 1. The Labute approximate surface area is 141 Å².